The molecule has 0 saturated heterocycles. The minimum absolute atomic E-state index is 0.636. The molecule has 18 heavy (non-hydrogen) atoms. The Morgan fingerprint density at radius 1 is 1.17 bits per heavy atom. The molecule has 0 fully saturated rings. The fraction of sp³-hybridized carbons (Fsp3) is 0.0714. The Hall–Kier alpha value is -2.49. The first-order chi connectivity index (χ1) is 8.76. The summed E-state index contributed by atoms with van der Waals surface area (Å²) in [7, 11) is 1.64. The number of ether oxygens (including phenoxy) is 1. The number of nitrogens with zero attached hydrogens (tertiary/aromatic N) is 1. The van der Waals surface area contributed by atoms with Crippen LogP contribution in [0.15, 0.2) is 47.0 Å². The lowest BCUT2D eigenvalue weighted by atomic mass is 10.2. The quantitative estimate of drug-likeness (QED) is 0.747. The number of furan rings is 1. The van der Waals surface area contributed by atoms with E-state index in [0.717, 1.165) is 28.2 Å². The summed E-state index contributed by atoms with van der Waals surface area (Å²) >= 11 is 0. The normalized spacial score (nSPS) is 10.7. The van der Waals surface area contributed by atoms with Crippen molar-refractivity contribution in [2.45, 2.75) is 0 Å². The Balaban J connectivity index is 2.10. The molecule has 4 heteroatoms. The maximum Gasteiger partial charge on any atom is 0.153 e. The third kappa shape index (κ3) is 1.78. The highest BCUT2D eigenvalue weighted by Crippen LogP contribution is 2.29. The van der Waals surface area contributed by atoms with E-state index in [9.17, 15) is 0 Å². The van der Waals surface area contributed by atoms with E-state index in [1.807, 2.05) is 30.3 Å². The van der Waals surface area contributed by atoms with Gasteiger partial charge in [-0.1, -0.05) is 0 Å². The molecular weight excluding hydrogens is 228 g/mol. The number of anilines is 1. The molecule has 1 aromatic carbocycles. The third-order valence-corrected chi connectivity index (χ3v) is 2.76. The Kier molecular flexibility index (Phi) is 2.41. The van der Waals surface area contributed by atoms with Crippen LogP contribution in [0.5, 0.6) is 5.75 Å². The van der Waals surface area contributed by atoms with Gasteiger partial charge in [-0.2, -0.15) is 0 Å². The predicted molar refractivity (Wildman–Crippen MR) is 70.4 cm³/mol. The molecule has 0 radical (unpaired) electrons. The van der Waals surface area contributed by atoms with Crippen molar-refractivity contribution < 1.29 is 9.15 Å². The van der Waals surface area contributed by atoms with E-state index in [1.165, 1.54) is 0 Å². The SMILES string of the molecule is COc1ccc2oc(-c3ccc(N)cn3)cc2c1. The number of nitrogens with two attached hydrogens (primary N) is 1. The third-order valence-electron chi connectivity index (χ3n) is 2.76. The number of fused-ring (bicyclic) bond motifs is 1. The van der Waals surface area contributed by atoms with Gasteiger partial charge >= 0.3 is 0 Å². The van der Waals surface area contributed by atoms with E-state index in [1.54, 1.807) is 19.4 Å². The van der Waals surface area contributed by atoms with Crippen LogP contribution in [0, 0.1) is 0 Å². The van der Waals surface area contributed by atoms with Crippen LogP contribution in [0.4, 0.5) is 5.69 Å². The first-order valence-electron chi connectivity index (χ1n) is 5.56. The maximum atomic E-state index is 5.73. The van der Waals surface area contributed by atoms with Crippen LogP contribution < -0.4 is 10.5 Å². The molecule has 90 valence electrons. The maximum absolute atomic E-state index is 5.73. The zero-order valence-electron chi connectivity index (χ0n) is 9.88. The molecular formula is C14H12N2O2. The van der Waals surface area contributed by atoms with Crippen molar-refractivity contribution in [3.63, 3.8) is 0 Å². The summed E-state index contributed by atoms with van der Waals surface area (Å²) < 4.78 is 10.9. The van der Waals surface area contributed by atoms with Gasteiger partial charge in [0.05, 0.1) is 19.0 Å². The zero-order valence-corrected chi connectivity index (χ0v) is 9.88. The van der Waals surface area contributed by atoms with Gasteiger partial charge < -0.3 is 14.9 Å². The molecule has 0 bridgehead atoms. The van der Waals surface area contributed by atoms with E-state index in [4.69, 9.17) is 14.9 Å². The van der Waals surface area contributed by atoms with Gasteiger partial charge in [-0.05, 0) is 36.4 Å². The van der Waals surface area contributed by atoms with Crippen LogP contribution in [-0.2, 0) is 0 Å². The summed E-state index contributed by atoms with van der Waals surface area (Å²) in [5.74, 6) is 1.53. The highest BCUT2D eigenvalue weighted by molar-refractivity contribution is 5.83. The molecule has 3 rings (SSSR count). The van der Waals surface area contributed by atoms with E-state index < -0.39 is 0 Å². The second kappa shape index (κ2) is 4.07. The van der Waals surface area contributed by atoms with Gasteiger partial charge in [0, 0.05) is 5.39 Å². The lowest BCUT2D eigenvalue weighted by molar-refractivity contribution is 0.415. The Morgan fingerprint density at radius 2 is 2.06 bits per heavy atom. The van der Waals surface area contributed by atoms with Crippen molar-refractivity contribution in [3.8, 4) is 17.2 Å². The minimum Gasteiger partial charge on any atom is -0.497 e. The van der Waals surface area contributed by atoms with E-state index >= 15 is 0 Å². The van der Waals surface area contributed by atoms with Crippen LogP contribution in [0.3, 0.4) is 0 Å². The second-order valence-electron chi connectivity index (χ2n) is 3.99. The second-order valence-corrected chi connectivity index (χ2v) is 3.99. The molecule has 2 aromatic heterocycles. The van der Waals surface area contributed by atoms with Gasteiger partial charge in [-0.25, -0.2) is 0 Å². The number of methoxy groups -OCH3 is 1. The molecule has 0 aliphatic carbocycles. The summed E-state index contributed by atoms with van der Waals surface area (Å²) in [5.41, 5.74) is 7.82. The Morgan fingerprint density at radius 3 is 2.78 bits per heavy atom. The average Bonchev–Trinajstić information content (AvgIpc) is 2.82. The average molecular weight is 240 g/mol. The van der Waals surface area contributed by atoms with Gasteiger partial charge in [0.1, 0.15) is 17.0 Å². The largest absolute Gasteiger partial charge is 0.497 e. The smallest absolute Gasteiger partial charge is 0.153 e. The summed E-state index contributed by atoms with van der Waals surface area (Å²) in [5, 5.41) is 0.989. The zero-order chi connectivity index (χ0) is 12.5. The summed E-state index contributed by atoms with van der Waals surface area (Å²) in [6.45, 7) is 0. The molecule has 0 amide bonds. The summed E-state index contributed by atoms with van der Waals surface area (Å²) in [4.78, 5) is 4.24. The number of hydrogen-bond acceptors (Lipinski definition) is 4. The van der Waals surface area contributed by atoms with Crippen molar-refractivity contribution >= 4 is 16.7 Å². The van der Waals surface area contributed by atoms with Crippen molar-refractivity contribution in [2.75, 3.05) is 12.8 Å². The molecule has 0 spiro atoms. The van der Waals surface area contributed by atoms with E-state index in [-0.39, 0.29) is 0 Å². The predicted octanol–water partition coefficient (Wildman–Crippen LogP) is 3.09. The standard InChI is InChI=1S/C14H12N2O2/c1-17-11-3-5-13-9(6-11)7-14(18-13)12-4-2-10(15)8-16-12/h2-8H,15H2,1H3. The van der Waals surface area contributed by atoms with E-state index in [0.29, 0.717) is 5.69 Å². The highest BCUT2D eigenvalue weighted by atomic mass is 16.5. The van der Waals surface area contributed by atoms with Crippen molar-refractivity contribution in [3.05, 3.63) is 42.6 Å². The lowest BCUT2D eigenvalue weighted by Crippen LogP contribution is -1.86. The van der Waals surface area contributed by atoms with E-state index in [2.05, 4.69) is 4.98 Å². The van der Waals surface area contributed by atoms with Crippen molar-refractivity contribution in [1.29, 1.82) is 0 Å². The molecule has 0 saturated carbocycles. The molecule has 0 atom stereocenters. The molecule has 0 unspecified atom stereocenters. The van der Waals surface area contributed by atoms with Gasteiger partial charge in [0.2, 0.25) is 0 Å². The summed E-state index contributed by atoms with van der Waals surface area (Å²) in [6, 6.07) is 11.3. The van der Waals surface area contributed by atoms with Crippen LogP contribution >= 0.6 is 0 Å². The lowest BCUT2D eigenvalue weighted by Gasteiger charge is -1.96. The first kappa shape index (κ1) is 10.7. The molecule has 2 N–H and O–H groups in total. The van der Waals surface area contributed by atoms with Crippen molar-refractivity contribution in [2.24, 2.45) is 0 Å². The number of benzene rings is 1. The Labute approximate surface area is 104 Å². The van der Waals surface area contributed by atoms with Gasteiger partial charge in [0.25, 0.3) is 0 Å². The van der Waals surface area contributed by atoms with Gasteiger partial charge in [0.15, 0.2) is 5.76 Å². The summed E-state index contributed by atoms with van der Waals surface area (Å²) in [6.07, 6.45) is 1.61. The van der Waals surface area contributed by atoms with Crippen LogP contribution in [0.2, 0.25) is 0 Å². The number of aromatic nitrogens is 1. The van der Waals surface area contributed by atoms with Gasteiger partial charge in [-0.15, -0.1) is 0 Å². The molecule has 4 nitrogen and oxygen atoms in total. The molecule has 0 aliphatic heterocycles. The number of nitrogen functional groups attached to an aromatic ring is 1. The van der Waals surface area contributed by atoms with Crippen molar-refractivity contribution in [1.82, 2.24) is 4.98 Å². The topological polar surface area (TPSA) is 61.3 Å². The molecule has 2 heterocycles. The van der Waals surface area contributed by atoms with Crippen LogP contribution in [-0.4, -0.2) is 12.1 Å². The van der Waals surface area contributed by atoms with Gasteiger partial charge in [-0.3, -0.25) is 4.98 Å². The minimum atomic E-state index is 0.636. The monoisotopic (exact) mass is 240 g/mol. The Bertz CT molecular complexity index is 687. The fourth-order valence-electron chi connectivity index (χ4n) is 1.83. The highest BCUT2D eigenvalue weighted by Gasteiger charge is 2.07. The number of hydrogen-bond donors (Lipinski definition) is 1. The first-order valence-corrected chi connectivity index (χ1v) is 5.56. The van der Waals surface area contributed by atoms with Crippen LogP contribution in [0.1, 0.15) is 0 Å². The fourth-order valence-corrected chi connectivity index (χ4v) is 1.83. The number of rotatable bonds is 2. The molecule has 0 aliphatic rings. The number of pyridine rings is 1. The molecule has 3 aromatic rings. The van der Waals surface area contributed by atoms with Crippen LogP contribution in [0.25, 0.3) is 22.4 Å².